The van der Waals surface area contributed by atoms with Crippen LogP contribution in [0.4, 0.5) is 0 Å². The first-order valence-electron chi connectivity index (χ1n) is 15.4. The molecule has 2 aliphatic carbocycles. The third-order valence-corrected chi connectivity index (χ3v) is 12.3. The third-order valence-electron chi connectivity index (χ3n) is 10.4. The van der Waals surface area contributed by atoms with Gasteiger partial charge in [0.15, 0.2) is 0 Å². The van der Waals surface area contributed by atoms with Crippen LogP contribution < -0.4 is 10.9 Å². The van der Waals surface area contributed by atoms with Crippen LogP contribution in [-0.2, 0) is 24.2 Å². The highest BCUT2D eigenvalue weighted by atomic mass is 35.5. The summed E-state index contributed by atoms with van der Waals surface area (Å²) in [5.41, 5.74) is 2.00. The minimum atomic E-state index is -0.690. The number of nitrogens with one attached hydrogen (secondary N) is 1. The summed E-state index contributed by atoms with van der Waals surface area (Å²) in [5, 5.41) is 13.7. The maximum Gasteiger partial charge on any atom is 0.308 e. The maximum atomic E-state index is 13.7. The van der Waals surface area contributed by atoms with E-state index < -0.39 is 5.97 Å². The highest BCUT2D eigenvalue weighted by molar-refractivity contribution is 8.00. The molecule has 8 unspecified atom stereocenters. The summed E-state index contributed by atoms with van der Waals surface area (Å²) < 4.78 is 1.79. The number of aliphatic carboxylic acids is 1. The highest BCUT2D eigenvalue weighted by Crippen LogP contribution is 2.48. The molecule has 1 aromatic heterocycles. The lowest BCUT2D eigenvalue weighted by atomic mass is 9.68. The highest BCUT2D eigenvalue weighted by Gasteiger charge is 2.50. The van der Waals surface area contributed by atoms with Crippen LogP contribution >= 0.6 is 23.4 Å². The quantitative estimate of drug-likeness (QED) is 0.411. The van der Waals surface area contributed by atoms with E-state index in [1.807, 2.05) is 18.7 Å². The fourth-order valence-electron chi connectivity index (χ4n) is 8.21. The second-order valence-electron chi connectivity index (χ2n) is 12.6. The predicted octanol–water partition coefficient (Wildman–Crippen LogP) is 3.72. The molecule has 0 bridgehead atoms. The summed E-state index contributed by atoms with van der Waals surface area (Å²) in [5.74, 6) is 8.44. The average molecular weight is 587 g/mol. The van der Waals surface area contributed by atoms with Crippen molar-refractivity contribution in [3.8, 4) is 11.8 Å². The van der Waals surface area contributed by atoms with Crippen LogP contribution in [0.3, 0.4) is 0 Å². The number of aryl methyl sites for hydroxylation is 2. The Labute approximate surface area is 247 Å². The number of thioether (sulfide) groups is 1. The van der Waals surface area contributed by atoms with E-state index in [1.54, 1.807) is 4.57 Å². The third kappa shape index (κ3) is 5.73. The summed E-state index contributed by atoms with van der Waals surface area (Å²) in [6, 6.07) is 0.487. The number of nitrogens with zero attached hydrogens (tertiary/aromatic N) is 3. The van der Waals surface area contributed by atoms with E-state index in [-0.39, 0.29) is 28.8 Å². The van der Waals surface area contributed by atoms with Gasteiger partial charge in [-0.05, 0) is 96.2 Å². The van der Waals surface area contributed by atoms with Crippen molar-refractivity contribution in [1.82, 2.24) is 19.8 Å². The van der Waals surface area contributed by atoms with Gasteiger partial charge in [0.1, 0.15) is 5.82 Å². The van der Waals surface area contributed by atoms with E-state index in [0.717, 1.165) is 81.7 Å². The van der Waals surface area contributed by atoms with Crippen molar-refractivity contribution in [3.63, 3.8) is 0 Å². The van der Waals surface area contributed by atoms with Crippen LogP contribution in [0.2, 0.25) is 0 Å². The standard InChI is InChI=1S/C31H43ClN4O3S/c1-19-34-27-10-9-22(35-13-3-2-4-14-35)17-25(27)30(37)36(19)15-5-6-20-7-8-21(32)16-24(20)23-11-12-33-28-26(31(38)39)18-40-29(23)28/h20-24,26,28-29,33H,2-4,7-18H2,1H3,(H,38,39). The molecule has 0 radical (unpaired) electrons. The van der Waals surface area contributed by atoms with Crippen molar-refractivity contribution >= 4 is 29.3 Å². The largest absolute Gasteiger partial charge is 0.481 e. The minimum Gasteiger partial charge on any atom is -0.481 e. The molecule has 1 saturated carbocycles. The lowest BCUT2D eigenvalue weighted by molar-refractivity contribution is -0.141. The number of carboxylic acids is 1. The van der Waals surface area contributed by atoms with Crippen molar-refractivity contribution in [1.29, 1.82) is 0 Å². The molecule has 40 heavy (non-hydrogen) atoms. The van der Waals surface area contributed by atoms with Gasteiger partial charge in [0.05, 0.1) is 18.2 Å². The Bertz CT molecular complexity index is 1220. The molecule has 4 heterocycles. The topological polar surface area (TPSA) is 87.5 Å². The molecule has 9 heteroatoms. The van der Waals surface area contributed by atoms with Crippen molar-refractivity contribution < 1.29 is 9.90 Å². The number of aromatic nitrogens is 2. The Morgan fingerprint density at radius 1 is 1.18 bits per heavy atom. The molecule has 8 atom stereocenters. The molecule has 218 valence electrons. The summed E-state index contributed by atoms with van der Waals surface area (Å²) in [4.78, 5) is 33.0. The second kappa shape index (κ2) is 12.4. The lowest BCUT2D eigenvalue weighted by Crippen LogP contribution is -2.53. The Balaban J connectivity index is 1.19. The first-order valence-corrected chi connectivity index (χ1v) is 16.9. The molecule has 7 nitrogen and oxygen atoms in total. The number of rotatable bonds is 4. The number of carbonyl (C=O) groups is 1. The zero-order chi connectivity index (χ0) is 27.8. The van der Waals surface area contributed by atoms with E-state index in [4.69, 9.17) is 16.6 Å². The Morgan fingerprint density at radius 3 is 2.80 bits per heavy atom. The molecule has 5 aliphatic rings. The normalized spacial score (nSPS) is 36.2. The molecule has 3 aliphatic heterocycles. The fraction of sp³-hybridized carbons (Fsp3) is 0.774. The van der Waals surface area contributed by atoms with Crippen LogP contribution in [0, 0.1) is 42.4 Å². The Morgan fingerprint density at radius 2 is 2.00 bits per heavy atom. The van der Waals surface area contributed by atoms with Gasteiger partial charge in [-0.25, -0.2) is 4.98 Å². The maximum absolute atomic E-state index is 13.7. The molecule has 3 saturated heterocycles. The number of alkyl halides is 1. The van der Waals surface area contributed by atoms with Crippen molar-refractivity contribution in [2.24, 2.45) is 23.7 Å². The van der Waals surface area contributed by atoms with Crippen LogP contribution in [0.1, 0.15) is 68.4 Å². The monoisotopic (exact) mass is 586 g/mol. The number of carboxylic acid groups (broad SMARTS) is 1. The number of likely N-dealkylation sites (tertiary alicyclic amines) is 1. The van der Waals surface area contributed by atoms with Crippen LogP contribution in [0.5, 0.6) is 0 Å². The summed E-state index contributed by atoms with van der Waals surface area (Å²) in [6.07, 6.45) is 10.5. The van der Waals surface area contributed by atoms with Crippen molar-refractivity contribution in [2.75, 3.05) is 25.4 Å². The van der Waals surface area contributed by atoms with Gasteiger partial charge in [0.2, 0.25) is 0 Å². The average Bonchev–Trinajstić information content (AvgIpc) is 3.41. The van der Waals surface area contributed by atoms with Crippen molar-refractivity contribution in [2.45, 2.75) is 100 Å². The number of halogens is 1. The SMILES string of the molecule is Cc1nc2c(c(=O)n1CC#CC1CCC(Cl)CC1C1CCNC3C(C(=O)O)CSC13)CC(N1CCCCC1)CC2. The number of piperidine rings is 2. The van der Waals surface area contributed by atoms with E-state index in [1.165, 1.54) is 19.3 Å². The van der Waals surface area contributed by atoms with Crippen molar-refractivity contribution in [3.05, 3.63) is 27.4 Å². The second-order valence-corrected chi connectivity index (χ2v) is 14.5. The fourth-order valence-corrected chi connectivity index (χ4v) is 10.4. The predicted molar refractivity (Wildman–Crippen MR) is 160 cm³/mol. The van der Waals surface area contributed by atoms with Gasteiger partial charge >= 0.3 is 5.97 Å². The molecule has 1 aromatic rings. The molecular formula is C31H43ClN4O3S. The molecular weight excluding hydrogens is 544 g/mol. The zero-order valence-electron chi connectivity index (χ0n) is 23.6. The number of hydrogen-bond acceptors (Lipinski definition) is 6. The molecule has 0 amide bonds. The van der Waals surface area contributed by atoms with Crippen LogP contribution in [0.15, 0.2) is 4.79 Å². The van der Waals surface area contributed by atoms with E-state index in [0.29, 0.717) is 35.4 Å². The first kappa shape index (κ1) is 28.6. The van der Waals surface area contributed by atoms with Gasteiger partial charge in [0.25, 0.3) is 5.56 Å². The van der Waals surface area contributed by atoms with Gasteiger partial charge in [-0.1, -0.05) is 18.3 Å². The van der Waals surface area contributed by atoms with E-state index >= 15 is 0 Å². The first-order chi connectivity index (χ1) is 19.4. The van der Waals surface area contributed by atoms with E-state index in [9.17, 15) is 14.7 Å². The number of fused-ring (bicyclic) bond motifs is 2. The van der Waals surface area contributed by atoms with Gasteiger partial charge in [-0.3, -0.25) is 14.2 Å². The van der Waals surface area contributed by atoms with Crippen LogP contribution in [0.25, 0.3) is 0 Å². The lowest BCUT2D eigenvalue weighted by Gasteiger charge is -2.44. The summed E-state index contributed by atoms with van der Waals surface area (Å²) in [6.45, 7) is 5.47. The zero-order valence-corrected chi connectivity index (χ0v) is 25.2. The van der Waals surface area contributed by atoms with E-state index in [2.05, 4.69) is 22.1 Å². The molecule has 0 aromatic carbocycles. The van der Waals surface area contributed by atoms with Gasteiger partial charge < -0.3 is 15.3 Å². The molecule has 0 spiro atoms. The summed E-state index contributed by atoms with van der Waals surface area (Å²) in [7, 11) is 0. The van der Waals surface area contributed by atoms with Gasteiger partial charge in [-0.15, -0.1) is 11.6 Å². The van der Waals surface area contributed by atoms with Crippen LogP contribution in [-0.4, -0.2) is 73.6 Å². The van der Waals surface area contributed by atoms with Gasteiger partial charge in [-0.2, -0.15) is 11.8 Å². The minimum absolute atomic E-state index is 0.0297. The Hall–Kier alpha value is -1.53. The molecule has 2 N–H and O–H groups in total. The molecule has 6 rings (SSSR count). The van der Waals surface area contributed by atoms with Gasteiger partial charge in [0, 0.05) is 39.9 Å². The summed E-state index contributed by atoms with van der Waals surface area (Å²) >= 11 is 8.53. The smallest absolute Gasteiger partial charge is 0.308 e. The molecule has 4 fully saturated rings. The number of hydrogen-bond donors (Lipinski definition) is 2. The Kier molecular flexibility index (Phi) is 8.84.